The molecule has 3 rings (SSSR count). The molecule has 0 aromatic heterocycles. The first-order valence-corrected chi connectivity index (χ1v) is 10.1. The molecule has 1 aliphatic rings. The predicted molar refractivity (Wildman–Crippen MR) is 103 cm³/mol. The van der Waals surface area contributed by atoms with Gasteiger partial charge in [0.2, 0.25) is 5.91 Å². The second-order valence-corrected chi connectivity index (χ2v) is 7.93. The smallest absolute Gasteiger partial charge is 0.270 e. The van der Waals surface area contributed by atoms with Gasteiger partial charge in [0.25, 0.3) is 15.7 Å². The van der Waals surface area contributed by atoms with Crippen molar-refractivity contribution in [2.24, 2.45) is 0 Å². The Bertz CT molecular complexity index is 1020. The van der Waals surface area contributed by atoms with Crippen LogP contribution in [0.15, 0.2) is 47.4 Å². The number of ether oxygens (including phenoxy) is 1. The highest BCUT2D eigenvalue weighted by Gasteiger charge is 2.24. The van der Waals surface area contributed by atoms with Gasteiger partial charge in [0.05, 0.1) is 28.3 Å². The minimum atomic E-state index is -4.03. The molecule has 0 bridgehead atoms. The van der Waals surface area contributed by atoms with Crippen LogP contribution in [0.5, 0.6) is 5.75 Å². The van der Waals surface area contributed by atoms with E-state index in [1.54, 1.807) is 11.0 Å². The van der Waals surface area contributed by atoms with Crippen LogP contribution in [-0.2, 0) is 14.8 Å². The van der Waals surface area contributed by atoms with Gasteiger partial charge >= 0.3 is 0 Å². The quantitative estimate of drug-likeness (QED) is 0.583. The monoisotopic (exact) mass is 405 g/mol. The molecule has 1 aliphatic heterocycles. The highest BCUT2D eigenvalue weighted by molar-refractivity contribution is 7.92. The van der Waals surface area contributed by atoms with Gasteiger partial charge in [-0.3, -0.25) is 19.6 Å². The number of nitrogens with one attached hydrogen (secondary N) is 1. The van der Waals surface area contributed by atoms with Crippen LogP contribution in [0.4, 0.5) is 17.1 Å². The zero-order chi connectivity index (χ0) is 20.3. The predicted octanol–water partition coefficient (Wildman–Crippen LogP) is 2.92. The summed E-state index contributed by atoms with van der Waals surface area (Å²) in [6.45, 7) is 0.577. The highest BCUT2D eigenvalue weighted by Crippen LogP contribution is 2.34. The lowest BCUT2D eigenvalue weighted by Crippen LogP contribution is -2.35. The summed E-state index contributed by atoms with van der Waals surface area (Å²) in [6.07, 6.45) is 2.19. The van der Waals surface area contributed by atoms with Crippen LogP contribution >= 0.6 is 0 Å². The van der Waals surface area contributed by atoms with Crippen molar-refractivity contribution in [3.8, 4) is 5.75 Å². The van der Waals surface area contributed by atoms with Crippen molar-refractivity contribution in [3.05, 3.63) is 52.6 Å². The van der Waals surface area contributed by atoms with Gasteiger partial charge in [0.1, 0.15) is 5.75 Å². The average Bonchev–Trinajstić information content (AvgIpc) is 2.68. The molecule has 148 valence electrons. The van der Waals surface area contributed by atoms with E-state index in [9.17, 15) is 23.3 Å². The molecule has 1 N–H and O–H groups in total. The van der Waals surface area contributed by atoms with Crippen LogP contribution in [0.2, 0.25) is 0 Å². The third-order valence-electron chi connectivity index (χ3n) is 4.38. The van der Waals surface area contributed by atoms with Crippen molar-refractivity contribution in [1.29, 1.82) is 0 Å². The molecule has 2 aromatic carbocycles. The Morgan fingerprint density at radius 1 is 1.18 bits per heavy atom. The molecule has 0 radical (unpaired) electrons. The van der Waals surface area contributed by atoms with Crippen LogP contribution in [0, 0.1) is 10.1 Å². The summed E-state index contributed by atoms with van der Waals surface area (Å²) in [5, 5.41) is 10.9. The minimum Gasteiger partial charge on any atom is -0.494 e. The minimum absolute atomic E-state index is 0.00512. The number of rotatable bonds is 6. The molecule has 0 spiro atoms. The molecule has 0 atom stereocenters. The van der Waals surface area contributed by atoms with E-state index in [4.69, 9.17) is 4.74 Å². The number of methoxy groups -OCH3 is 1. The van der Waals surface area contributed by atoms with Crippen molar-refractivity contribution >= 4 is 33.0 Å². The number of carbonyl (C=O) groups is 1. The molecular weight excluding hydrogens is 386 g/mol. The van der Waals surface area contributed by atoms with E-state index in [0.717, 1.165) is 18.9 Å². The van der Waals surface area contributed by atoms with E-state index in [1.165, 1.54) is 37.4 Å². The number of piperidine rings is 1. The number of carbonyl (C=O) groups excluding carboxylic acids is 1. The van der Waals surface area contributed by atoms with Crippen LogP contribution in [0.1, 0.15) is 19.3 Å². The summed E-state index contributed by atoms with van der Waals surface area (Å²) in [5.41, 5.74) is 0.474. The molecule has 1 amide bonds. The molecule has 1 fully saturated rings. The van der Waals surface area contributed by atoms with Crippen molar-refractivity contribution < 1.29 is 22.9 Å². The SMILES string of the molecule is COc1cc(NS(=O)(=O)c2cccc([N+](=O)[O-])c2)ccc1N1CCCCC1=O. The number of hydrogen-bond donors (Lipinski definition) is 1. The normalized spacial score (nSPS) is 14.6. The Labute approximate surface area is 162 Å². The molecule has 0 unspecified atom stereocenters. The molecule has 2 aromatic rings. The van der Waals surface area contributed by atoms with Gasteiger partial charge in [-0.15, -0.1) is 0 Å². The number of anilines is 2. The Morgan fingerprint density at radius 2 is 1.96 bits per heavy atom. The van der Waals surface area contributed by atoms with Crippen LogP contribution < -0.4 is 14.4 Å². The largest absolute Gasteiger partial charge is 0.494 e. The fourth-order valence-corrected chi connectivity index (χ4v) is 4.09. The van der Waals surface area contributed by atoms with Crippen molar-refractivity contribution in [2.45, 2.75) is 24.2 Å². The first kappa shape index (κ1) is 19.6. The Hall–Kier alpha value is -3.14. The fraction of sp³-hybridized carbons (Fsp3) is 0.278. The maximum absolute atomic E-state index is 12.6. The summed E-state index contributed by atoms with van der Waals surface area (Å²) in [7, 11) is -2.60. The van der Waals surface area contributed by atoms with Crippen LogP contribution in [-0.4, -0.2) is 32.9 Å². The van der Waals surface area contributed by atoms with E-state index < -0.39 is 14.9 Å². The number of benzene rings is 2. The number of hydrogen-bond acceptors (Lipinski definition) is 6. The molecule has 1 heterocycles. The fourth-order valence-electron chi connectivity index (χ4n) is 3.00. The number of sulfonamides is 1. The van der Waals surface area contributed by atoms with Gasteiger partial charge in [-0.1, -0.05) is 6.07 Å². The topological polar surface area (TPSA) is 119 Å². The van der Waals surface area contributed by atoms with Gasteiger partial charge in [-0.25, -0.2) is 8.42 Å². The number of amides is 1. The maximum Gasteiger partial charge on any atom is 0.270 e. The molecule has 0 saturated carbocycles. The highest BCUT2D eigenvalue weighted by atomic mass is 32.2. The number of nitrogens with zero attached hydrogens (tertiary/aromatic N) is 2. The number of non-ortho nitro benzene ring substituents is 1. The standard InChI is InChI=1S/C18H19N3O6S/c1-27-17-11-13(8-9-16(17)20-10-3-2-7-18(20)22)19-28(25,26)15-6-4-5-14(12-15)21(23)24/h4-6,8-9,11-12,19H,2-3,7,10H2,1H3. The first-order valence-electron chi connectivity index (χ1n) is 8.57. The van der Waals surface area contributed by atoms with Gasteiger partial charge < -0.3 is 9.64 Å². The summed E-state index contributed by atoms with van der Waals surface area (Å²) in [5.74, 6) is 0.351. The van der Waals surface area contributed by atoms with E-state index >= 15 is 0 Å². The number of nitro groups is 1. The summed E-state index contributed by atoms with van der Waals surface area (Å²) >= 11 is 0. The van der Waals surface area contributed by atoms with Gasteiger partial charge in [0, 0.05) is 31.2 Å². The number of nitro benzene ring substituents is 1. The zero-order valence-corrected chi connectivity index (χ0v) is 15.9. The first-order chi connectivity index (χ1) is 13.3. The van der Waals surface area contributed by atoms with Crippen LogP contribution in [0.3, 0.4) is 0 Å². The van der Waals surface area contributed by atoms with E-state index in [0.29, 0.717) is 24.4 Å². The van der Waals surface area contributed by atoms with E-state index in [1.807, 2.05) is 0 Å². The molecule has 9 nitrogen and oxygen atoms in total. The zero-order valence-electron chi connectivity index (χ0n) is 15.1. The summed E-state index contributed by atoms with van der Waals surface area (Å²) < 4.78 is 32.9. The van der Waals surface area contributed by atoms with Gasteiger partial charge in [0.15, 0.2) is 0 Å². The maximum atomic E-state index is 12.6. The van der Waals surface area contributed by atoms with Gasteiger partial charge in [-0.05, 0) is 31.0 Å². The second kappa shape index (κ2) is 7.85. The lowest BCUT2D eigenvalue weighted by molar-refractivity contribution is -0.385. The molecule has 1 saturated heterocycles. The molecule has 28 heavy (non-hydrogen) atoms. The molecular formula is C18H19N3O6S. The van der Waals surface area contributed by atoms with Crippen molar-refractivity contribution in [1.82, 2.24) is 0 Å². The summed E-state index contributed by atoms with van der Waals surface area (Å²) in [4.78, 5) is 23.8. The Morgan fingerprint density at radius 3 is 2.64 bits per heavy atom. The lowest BCUT2D eigenvalue weighted by atomic mass is 10.1. The van der Waals surface area contributed by atoms with Crippen molar-refractivity contribution in [3.63, 3.8) is 0 Å². The average molecular weight is 405 g/mol. The third kappa shape index (κ3) is 4.06. The molecule has 10 heteroatoms. The second-order valence-electron chi connectivity index (χ2n) is 6.25. The molecule has 0 aliphatic carbocycles. The lowest BCUT2D eigenvalue weighted by Gasteiger charge is -2.28. The van der Waals surface area contributed by atoms with Crippen LogP contribution in [0.25, 0.3) is 0 Å². The van der Waals surface area contributed by atoms with E-state index in [-0.39, 0.29) is 22.2 Å². The summed E-state index contributed by atoms with van der Waals surface area (Å²) in [6, 6.07) is 9.40. The third-order valence-corrected chi connectivity index (χ3v) is 5.76. The Balaban J connectivity index is 1.89. The van der Waals surface area contributed by atoms with Gasteiger partial charge in [-0.2, -0.15) is 0 Å². The van der Waals surface area contributed by atoms with E-state index in [2.05, 4.69) is 4.72 Å². The van der Waals surface area contributed by atoms with Crippen molar-refractivity contribution in [2.75, 3.05) is 23.3 Å². The Kier molecular flexibility index (Phi) is 5.50.